The van der Waals surface area contributed by atoms with E-state index in [4.69, 9.17) is 10.5 Å². The average molecular weight is 505 g/mol. The Morgan fingerprint density at radius 2 is 1.37 bits per heavy atom. The molecule has 0 spiro atoms. The Balaban J connectivity index is 2.03. The van der Waals surface area contributed by atoms with Crippen molar-refractivity contribution in [3.8, 4) is 0 Å². The van der Waals surface area contributed by atoms with Crippen LogP contribution in [0.1, 0.15) is 122 Å². The third kappa shape index (κ3) is 19.4. The average Bonchev–Trinajstić information content (AvgIpc) is 2.86. The van der Waals surface area contributed by atoms with Gasteiger partial charge in [0.2, 0.25) is 0 Å². The first-order valence-electron chi connectivity index (χ1n) is 14.3. The van der Waals surface area contributed by atoms with Crippen LogP contribution < -0.4 is 5.73 Å². The van der Waals surface area contributed by atoms with Crippen LogP contribution in [0.2, 0.25) is 0 Å². The highest BCUT2D eigenvalue weighted by atomic mass is 32.2. The second kappa shape index (κ2) is 22.9. The molecule has 0 saturated carbocycles. The lowest BCUT2D eigenvalue weighted by Gasteiger charge is -2.06. The number of amidine groups is 1. The molecule has 0 bridgehead atoms. The van der Waals surface area contributed by atoms with E-state index in [1.165, 1.54) is 76.2 Å². The molecule has 0 atom stereocenters. The highest BCUT2D eigenvalue weighted by Gasteiger charge is 2.03. The maximum atomic E-state index is 11.8. The van der Waals surface area contributed by atoms with Crippen molar-refractivity contribution in [2.45, 2.75) is 123 Å². The van der Waals surface area contributed by atoms with Gasteiger partial charge in [0.25, 0.3) is 0 Å². The highest BCUT2D eigenvalue weighted by Crippen LogP contribution is 2.17. The van der Waals surface area contributed by atoms with E-state index in [9.17, 15) is 4.79 Å². The smallest absolute Gasteiger partial charge is 0.306 e. The minimum absolute atomic E-state index is 0.0653. The van der Waals surface area contributed by atoms with Crippen LogP contribution >= 0.6 is 11.8 Å². The van der Waals surface area contributed by atoms with E-state index in [1.54, 1.807) is 11.8 Å². The van der Waals surface area contributed by atoms with Gasteiger partial charge in [-0.2, -0.15) is 11.8 Å². The van der Waals surface area contributed by atoms with Gasteiger partial charge in [0, 0.05) is 12.2 Å². The number of hydrogen-bond donors (Lipinski definition) is 1. The summed E-state index contributed by atoms with van der Waals surface area (Å²) in [6, 6.07) is 8.51. The van der Waals surface area contributed by atoms with Gasteiger partial charge in [-0.1, -0.05) is 96.6 Å². The van der Waals surface area contributed by atoms with Crippen LogP contribution in [0.3, 0.4) is 0 Å². The molecular formula is C30H52N2O2S. The van der Waals surface area contributed by atoms with E-state index >= 15 is 0 Å². The number of carbonyl (C=O) groups excluding carboxylic acids is 1. The molecule has 0 aliphatic heterocycles. The fourth-order valence-corrected chi connectivity index (χ4v) is 4.86. The molecule has 1 aromatic carbocycles. The van der Waals surface area contributed by atoms with E-state index in [0.717, 1.165) is 49.3 Å². The lowest BCUT2D eigenvalue weighted by molar-refractivity contribution is -0.143. The van der Waals surface area contributed by atoms with Gasteiger partial charge in [-0.05, 0) is 49.1 Å². The van der Waals surface area contributed by atoms with Gasteiger partial charge in [-0.15, -0.1) is 0 Å². The van der Waals surface area contributed by atoms with Crippen molar-refractivity contribution >= 4 is 29.3 Å². The number of aryl methyl sites for hydroxylation is 1. The van der Waals surface area contributed by atoms with Crippen LogP contribution in [0.4, 0.5) is 5.69 Å². The number of aliphatic imine (C=N–C) groups is 1. The number of nitrogens with zero attached hydrogens (tertiary/aromatic N) is 1. The Hall–Kier alpha value is -1.49. The van der Waals surface area contributed by atoms with E-state index in [-0.39, 0.29) is 5.97 Å². The van der Waals surface area contributed by atoms with Crippen LogP contribution in [-0.4, -0.2) is 29.9 Å². The van der Waals surface area contributed by atoms with Crippen molar-refractivity contribution in [2.24, 2.45) is 10.7 Å². The van der Waals surface area contributed by atoms with Gasteiger partial charge in [0.15, 0.2) is 0 Å². The monoisotopic (exact) mass is 504 g/mol. The van der Waals surface area contributed by atoms with Gasteiger partial charge >= 0.3 is 5.97 Å². The zero-order chi connectivity index (χ0) is 25.4. The fourth-order valence-electron chi connectivity index (χ4n) is 4.00. The van der Waals surface area contributed by atoms with Crippen LogP contribution in [0.15, 0.2) is 29.3 Å². The standard InChI is InChI=1S/C30H52N2O2S/c1-3-5-7-9-11-13-15-24-34-30(33)23-26-35-25-16-18-29(31)32-28-21-19-27(20-22-28)17-14-12-10-8-6-4-2/h19-22H,3-18,23-26H2,1-2H3,(H2,31,32). The molecule has 0 aromatic heterocycles. The molecule has 0 fully saturated rings. The number of carbonyl (C=O) groups is 1. The van der Waals surface area contributed by atoms with Gasteiger partial charge in [-0.25, -0.2) is 4.99 Å². The summed E-state index contributed by atoms with van der Waals surface area (Å²) < 4.78 is 5.34. The topological polar surface area (TPSA) is 64.7 Å². The number of hydrogen-bond acceptors (Lipinski definition) is 4. The zero-order valence-electron chi connectivity index (χ0n) is 22.7. The highest BCUT2D eigenvalue weighted by molar-refractivity contribution is 7.99. The Bertz CT molecular complexity index is 661. The Kier molecular flexibility index (Phi) is 20.7. The molecular weight excluding hydrogens is 452 g/mol. The molecule has 35 heavy (non-hydrogen) atoms. The number of thioether (sulfide) groups is 1. The lowest BCUT2D eigenvalue weighted by atomic mass is 10.0. The predicted molar refractivity (Wildman–Crippen MR) is 155 cm³/mol. The normalized spacial score (nSPS) is 11.7. The summed E-state index contributed by atoms with van der Waals surface area (Å²) in [6.07, 6.45) is 20.1. The van der Waals surface area contributed by atoms with Crippen LogP contribution in [0.25, 0.3) is 0 Å². The Morgan fingerprint density at radius 1 is 0.771 bits per heavy atom. The summed E-state index contributed by atoms with van der Waals surface area (Å²) in [5.74, 6) is 2.42. The second-order valence-corrected chi connectivity index (χ2v) is 10.8. The quantitative estimate of drug-likeness (QED) is 0.0700. The number of ether oxygens (including phenoxy) is 1. The molecule has 0 aliphatic rings. The predicted octanol–water partition coefficient (Wildman–Crippen LogP) is 8.78. The van der Waals surface area contributed by atoms with Crippen molar-refractivity contribution in [1.29, 1.82) is 0 Å². The number of nitrogens with two attached hydrogens (primary N) is 1. The number of esters is 1. The van der Waals surface area contributed by atoms with E-state index in [1.807, 2.05) is 0 Å². The van der Waals surface area contributed by atoms with Crippen molar-refractivity contribution in [3.05, 3.63) is 29.8 Å². The van der Waals surface area contributed by atoms with Crippen LogP contribution in [0.5, 0.6) is 0 Å². The minimum Gasteiger partial charge on any atom is -0.466 e. The summed E-state index contributed by atoms with van der Waals surface area (Å²) in [5, 5.41) is 0. The van der Waals surface area contributed by atoms with Gasteiger partial charge in [0.05, 0.1) is 24.6 Å². The third-order valence-electron chi connectivity index (χ3n) is 6.21. The summed E-state index contributed by atoms with van der Waals surface area (Å²) in [4.78, 5) is 16.4. The van der Waals surface area contributed by atoms with Crippen LogP contribution in [0, 0.1) is 0 Å². The molecule has 1 rings (SSSR count). The molecule has 0 amide bonds. The number of unbranched alkanes of at least 4 members (excludes halogenated alkanes) is 11. The zero-order valence-corrected chi connectivity index (χ0v) is 23.5. The summed E-state index contributed by atoms with van der Waals surface area (Å²) in [7, 11) is 0. The molecule has 1 aromatic rings. The first-order valence-corrected chi connectivity index (χ1v) is 15.5. The Labute approximate surface area is 220 Å². The first kappa shape index (κ1) is 31.5. The lowest BCUT2D eigenvalue weighted by Crippen LogP contribution is -2.11. The maximum absolute atomic E-state index is 11.8. The largest absolute Gasteiger partial charge is 0.466 e. The van der Waals surface area contributed by atoms with Crippen LogP contribution in [-0.2, 0) is 16.0 Å². The molecule has 0 radical (unpaired) electrons. The molecule has 200 valence electrons. The van der Waals surface area contributed by atoms with E-state index in [0.29, 0.717) is 18.9 Å². The summed E-state index contributed by atoms with van der Waals surface area (Å²) in [5.41, 5.74) is 8.45. The van der Waals surface area contributed by atoms with Crippen molar-refractivity contribution < 1.29 is 9.53 Å². The molecule has 0 aliphatic carbocycles. The molecule has 2 N–H and O–H groups in total. The van der Waals surface area contributed by atoms with Gasteiger partial charge < -0.3 is 10.5 Å². The van der Waals surface area contributed by atoms with E-state index < -0.39 is 0 Å². The van der Waals surface area contributed by atoms with Gasteiger partial charge in [-0.3, -0.25) is 4.79 Å². The fraction of sp³-hybridized carbons (Fsp3) is 0.733. The molecule has 4 nitrogen and oxygen atoms in total. The molecule has 0 heterocycles. The second-order valence-electron chi connectivity index (χ2n) is 9.60. The van der Waals surface area contributed by atoms with Crippen molar-refractivity contribution in [2.75, 3.05) is 18.1 Å². The SMILES string of the molecule is CCCCCCCCCOC(=O)CCSCCCC(N)=Nc1ccc(CCCCCCCC)cc1. The van der Waals surface area contributed by atoms with Crippen molar-refractivity contribution in [1.82, 2.24) is 0 Å². The number of rotatable bonds is 23. The molecule has 0 saturated heterocycles. The first-order chi connectivity index (χ1) is 17.2. The molecule has 0 unspecified atom stereocenters. The van der Waals surface area contributed by atoms with E-state index in [2.05, 4.69) is 43.1 Å². The van der Waals surface area contributed by atoms with Gasteiger partial charge in [0.1, 0.15) is 0 Å². The maximum Gasteiger partial charge on any atom is 0.306 e. The summed E-state index contributed by atoms with van der Waals surface area (Å²) >= 11 is 1.79. The Morgan fingerprint density at radius 3 is 2.03 bits per heavy atom. The van der Waals surface area contributed by atoms with Crippen molar-refractivity contribution in [3.63, 3.8) is 0 Å². The number of benzene rings is 1. The summed E-state index contributed by atoms with van der Waals surface area (Å²) in [6.45, 7) is 5.07. The minimum atomic E-state index is -0.0653. The molecule has 5 heteroatoms. The third-order valence-corrected chi connectivity index (χ3v) is 7.28.